The number of hydrogen-bond donors (Lipinski definition) is 2. The normalized spacial score (nSPS) is 12.2. The van der Waals surface area contributed by atoms with Crippen LogP contribution in [0.1, 0.15) is 24.5 Å². The summed E-state index contributed by atoms with van der Waals surface area (Å²) in [6, 6.07) is 4.82. The lowest BCUT2D eigenvalue weighted by molar-refractivity contribution is -0.124. The number of aryl methyl sites for hydroxylation is 1. The fraction of sp³-hybridized carbons (Fsp3) is 0.462. The van der Waals surface area contributed by atoms with Gasteiger partial charge < -0.3 is 11.1 Å². The second-order valence-electron chi connectivity index (χ2n) is 4.14. The topological polar surface area (TPSA) is 55.1 Å². The molecule has 1 atom stereocenters. The van der Waals surface area contributed by atoms with E-state index >= 15 is 0 Å². The van der Waals surface area contributed by atoms with Crippen LogP contribution in [0.2, 0.25) is 0 Å². The monoisotopic (exact) mass is 238 g/mol. The highest BCUT2D eigenvalue weighted by atomic mass is 19.1. The minimum absolute atomic E-state index is 0.0445. The van der Waals surface area contributed by atoms with Gasteiger partial charge in [0.15, 0.2) is 0 Å². The molecule has 1 unspecified atom stereocenters. The molecule has 0 fully saturated rings. The fourth-order valence-electron chi connectivity index (χ4n) is 1.61. The number of amides is 1. The van der Waals surface area contributed by atoms with E-state index in [0.717, 1.165) is 12.0 Å². The molecule has 0 aliphatic rings. The molecule has 0 aromatic heterocycles. The highest BCUT2D eigenvalue weighted by Crippen LogP contribution is 2.09. The Morgan fingerprint density at radius 3 is 2.76 bits per heavy atom. The SMILES string of the molecule is CCC(CN)C(=O)NCc1ccc(F)c(C)c1. The first-order chi connectivity index (χ1) is 8.08. The quantitative estimate of drug-likeness (QED) is 0.821. The van der Waals surface area contributed by atoms with E-state index in [9.17, 15) is 9.18 Å². The molecule has 1 aromatic rings. The summed E-state index contributed by atoms with van der Waals surface area (Å²) >= 11 is 0. The standard InChI is InChI=1S/C13H19FN2O/c1-3-11(7-15)13(17)16-8-10-4-5-12(14)9(2)6-10/h4-6,11H,3,7-8,15H2,1-2H3,(H,16,17). The van der Waals surface area contributed by atoms with Crippen LogP contribution in [0.3, 0.4) is 0 Å². The molecule has 0 aliphatic carbocycles. The van der Waals surface area contributed by atoms with E-state index in [4.69, 9.17) is 5.73 Å². The highest BCUT2D eigenvalue weighted by molar-refractivity contribution is 5.78. The molecule has 4 heteroatoms. The third kappa shape index (κ3) is 3.82. The summed E-state index contributed by atoms with van der Waals surface area (Å²) in [6.45, 7) is 4.40. The van der Waals surface area contributed by atoms with Crippen molar-refractivity contribution in [2.75, 3.05) is 6.54 Å². The van der Waals surface area contributed by atoms with E-state index in [1.54, 1.807) is 19.1 Å². The van der Waals surface area contributed by atoms with Gasteiger partial charge >= 0.3 is 0 Å². The van der Waals surface area contributed by atoms with Crippen LogP contribution in [0.5, 0.6) is 0 Å². The van der Waals surface area contributed by atoms with Gasteiger partial charge in [0.25, 0.3) is 0 Å². The molecule has 0 saturated carbocycles. The summed E-state index contributed by atoms with van der Waals surface area (Å²) in [5, 5.41) is 2.81. The summed E-state index contributed by atoms with van der Waals surface area (Å²) in [6.07, 6.45) is 0.727. The van der Waals surface area contributed by atoms with Gasteiger partial charge in [-0.05, 0) is 30.5 Å². The van der Waals surface area contributed by atoms with Gasteiger partial charge in [0.05, 0.1) is 0 Å². The number of halogens is 1. The minimum Gasteiger partial charge on any atom is -0.352 e. The van der Waals surface area contributed by atoms with E-state index in [2.05, 4.69) is 5.32 Å². The molecule has 0 spiro atoms. The molecular formula is C13H19FN2O. The smallest absolute Gasteiger partial charge is 0.224 e. The molecule has 3 N–H and O–H groups in total. The summed E-state index contributed by atoms with van der Waals surface area (Å²) in [4.78, 5) is 11.7. The lowest BCUT2D eigenvalue weighted by Gasteiger charge is -2.12. The van der Waals surface area contributed by atoms with Crippen molar-refractivity contribution in [1.82, 2.24) is 5.32 Å². The summed E-state index contributed by atoms with van der Waals surface area (Å²) in [5.41, 5.74) is 6.97. The Hall–Kier alpha value is -1.42. The molecule has 3 nitrogen and oxygen atoms in total. The van der Waals surface area contributed by atoms with Crippen molar-refractivity contribution in [3.05, 3.63) is 35.1 Å². The molecule has 1 aromatic carbocycles. The van der Waals surface area contributed by atoms with Crippen LogP contribution in [-0.4, -0.2) is 12.5 Å². The number of carbonyl (C=O) groups is 1. The molecule has 17 heavy (non-hydrogen) atoms. The first kappa shape index (κ1) is 13.6. The van der Waals surface area contributed by atoms with Crippen LogP contribution < -0.4 is 11.1 Å². The summed E-state index contributed by atoms with van der Waals surface area (Å²) < 4.78 is 13.0. The maximum absolute atomic E-state index is 13.0. The van der Waals surface area contributed by atoms with Gasteiger partial charge in [0, 0.05) is 19.0 Å². The van der Waals surface area contributed by atoms with Gasteiger partial charge in [0.1, 0.15) is 5.82 Å². The van der Waals surface area contributed by atoms with Gasteiger partial charge in [-0.15, -0.1) is 0 Å². The van der Waals surface area contributed by atoms with Crippen LogP contribution in [0.15, 0.2) is 18.2 Å². The molecule has 0 radical (unpaired) electrons. The van der Waals surface area contributed by atoms with Crippen molar-refractivity contribution >= 4 is 5.91 Å². The van der Waals surface area contributed by atoms with Crippen LogP contribution in [0.25, 0.3) is 0 Å². The molecule has 94 valence electrons. The summed E-state index contributed by atoms with van der Waals surface area (Å²) in [7, 11) is 0. The second kappa shape index (κ2) is 6.35. The number of nitrogens with one attached hydrogen (secondary N) is 1. The minimum atomic E-state index is -0.228. The molecular weight excluding hydrogens is 219 g/mol. The van der Waals surface area contributed by atoms with E-state index in [1.807, 2.05) is 6.92 Å². The number of carbonyl (C=O) groups excluding carboxylic acids is 1. The zero-order valence-electron chi connectivity index (χ0n) is 10.3. The Morgan fingerprint density at radius 2 is 2.24 bits per heavy atom. The van der Waals surface area contributed by atoms with Crippen molar-refractivity contribution in [3.63, 3.8) is 0 Å². The van der Waals surface area contributed by atoms with Crippen LogP contribution in [-0.2, 0) is 11.3 Å². The Balaban J connectivity index is 2.55. The summed E-state index contributed by atoms with van der Waals surface area (Å²) in [5.74, 6) is -0.415. The van der Waals surface area contributed by atoms with Gasteiger partial charge in [-0.1, -0.05) is 19.1 Å². The zero-order chi connectivity index (χ0) is 12.8. The van der Waals surface area contributed by atoms with Crippen molar-refractivity contribution in [3.8, 4) is 0 Å². The van der Waals surface area contributed by atoms with Crippen LogP contribution in [0, 0.1) is 18.7 Å². The molecule has 1 rings (SSSR count). The molecule has 0 aliphatic heterocycles. The number of benzene rings is 1. The fourth-order valence-corrected chi connectivity index (χ4v) is 1.61. The van der Waals surface area contributed by atoms with E-state index in [1.165, 1.54) is 6.07 Å². The first-order valence-corrected chi connectivity index (χ1v) is 5.81. The highest BCUT2D eigenvalue weighted by Gasteiger charge is 2.13. The Kier molecular flexibility index (Phi) is 5.10. The van der Waals surface area contributed by atoms with Gasteiger partial charge in [-0.3, -0.25) is 4.79 Å². The van der Waals surface area contributed by atoms with Crippen molar-refractivity contribution < 1.29 is 9.18 Å². The molecule has 0 heterocycles. The molecule has 1 amide bonds. The first-order valence-electron chi connectivity index (χ1n) is 5.81. The van der Waals surface area contributed by atoms with Crippen molar-refractivity contribution in [2.24, 2.45) is 11.7 Å². The van der Waals surface area contributed by atoms with E-state index < -0.39 is 0 Å². The third-order valence-electron chi connectivity index (χ3n) is 2.84. The van der Waals surface area contributed by atoms with Gasteiger partial charge in [0.2, 0.25) is 5.91 Å². The largest absolute Gasteiger partial charge is 0.352 e. The average molecular weight is 238 g/mol. The third-order valence-corrected chi connectivity index (χ3v) is 2.84. The molecule has 0 bridgehead atoms. The number of hydrogen-bond acceptors (Lipinski definition) is 2. The zero-order valence-corrected chi connectivity index (χ0v) is 10.3. The second-order valence-corrected chi connectivity index (χ2v) is 4.14. The van der Waals surface area contributed by atoms with Crippen LogP contribution >= 0.6 is 0 Å². The maximum Gasteiger partial charge on any atom is 0.224 e. The van der Waals surface area contributed by atoms with E-state index in [-0.39, 0.29) is 17.6 Å². The van der Waals surface area contributed by atoms with E-state index in [0.29, 0.717) is 18.7 Å². The lowest BCUT2D eigenvalue weighted by Crippen LogP contribution is -2.34. The van der Waals surface area contributed by atoms with Crippen LogP contribution in [0.4, 0.5) is 4.39 Å². The Labute approximate surface area is 101 Å². The van der Waals surface area contributed by atoms with Crippen molar-refractivity contribution in [2.45, 2.75) is 26.8 Å². The predicted octanol–water partition coefficient (Wildman–Crippen LogP) is 1.74. The number of nitrogens with two attached hydrogens (primary N) is 1. The molecule has 0 saturated heterocycles. The Bertz CT molecular complexity index is 389. The van der Waals surface area contributed by atoms with Gasteiger partial charge in [-0.25, -0.2) is 4.39 Å². The average Bonchev–Trinajstić information content (AvgIpc) is 2.32. The van der Waals surface area contributed by atoms with Gasteiger partial charge in [-0.2, -0.15) is 0 Å². The van der Waals surface area contributed by atoms with Crippen molar-refractivity contribution in [1.29, 1.82) is 0 Å². The predicted molar refractivity (Wildman–Crippen MR) is 65.8 cm³/mol. The number of rotatable bonds is 5. The lowest BCUT2D eigenvalue weighted by atomic mass is 10.1. The maximum atomic E-state index is 13.0. The Morgan fingerprint density at radius 1 is 1.53 bits per heavy atom.